The lowest BCUT2D eigenvalue weighted by Gasteiger charge is -2.12. The predicted octanol–water partition coefficient (Wildman–Crippen LogP) is 2.16. The molecule has 3 heterocycles. The average molecular weight is 285 g/mol. The van der Waals surface area contributed by atoms with Gasteiger partial charge in [0, 0.05) is 25.2 Å². The molecule has 3 aromatic rings. The summed E-state index contributed by atoms with van der Waals surface area (Å²) < 4.78 is 14.8. The molecule has 21 heavy (non-hydrogen) atoms. The molecule has 1 unspecified atom stereocenters. The summed E-state index contributed by atoms with van der Waals surface area (Å²) in [7, 11) is 0. The summed E-state index contributed by atoms with van der Waals surface area (Å²) in [5.41, 5.74) is 1.67. The van der Waals surface area contributed by atoms with E-state index in [1.54, 1.807) is 6.07 Å². The van der Waals surface area contributed by atoms with Gasteiger partial charge in [-0.05, 0) is 31.2 Å². The maximum absolute atomic E-state index is 12.8. The summed E-state index contributed by atoms with van der Waals surface area (Å²) in [5, 5.41) is 11.7. The fraction of sp³-hybridized carbons (Fsp3) is 0.267. The zero-order valence-electron chi connectivity index (χ0n) is 11.7. The van der Waals surface area contributed by atoms with Crippen LogP contribution in [0.4, 0.5) is 4.39 Å². The summed E-state index contributed by atoms with van der Waals surface area (Å²) in [6.45, 7) is 2.75. The molecule has 0 aliphatic rings. The van der Waals surface area contributed by atoms with Gasteiger partial charge in [-0.25, -0.2) is 4.39 Å². The van der Waals surface area contributed by atoms with E-state index in [0.29, 0.717) is 0 Å². The van der Waals surface area contributed by atoms with E-state index in [0.717, 1.165) is 30.1 Å². The van der Waals surface area contributed by atoms with Gasteiger partial charge in [0.1, 0.15) is 11.6 Å². The van der Waals surface area contributed by atoms with Gasteiger partial charge in [0.05, 0.1) is 11.9 Å². The van der Waals surface area contributed by atoms with Crippen molar-refractivity contribution in [1.29, 1.82) is 0 Å². The molecule has 0 saturated carbocycles. The second-order valence-corrected chi connectivity index (χ2v) is 4.87. The summed E-state index contributed by atoms with van der Waals surface area (Å²) in [6, 6.07) is 9.00. The fourth-order valence-electron chi connectivity index (χ4n) is 2.21. The van der Waals surface area contributed by atoms with Crippen LogP contribution in [-0.4, -0.2) is 26.1 Å². The third kappa shape index (κ3) is 3.05. The SMILES string of the molecule is CC(NCCc1nnc2ccccn12)c1ccc(F)cn1. The number of pyridine rings is 2. The lowest BCUT2D eigenvalue weighted by Crippen LogP contribution is -2.22. The van der Waals surface area contributed by atoms with Crippen LogP contribution >= 0.6 is 0 Å². The van der Waals surface area contributed by atoms with Crippen LogP contribution in [0.1, 0.15) is 24.5 Å². The van der Waals surface area contributed by atoms with Crippen LogP contribution in [0.2, 0.25) is 0 Å². The third-order valence-corrected chi connectivity index (χ3v) is 3.38. The molecule has 1 N–H and O–H groups in total. The van der Waals surface area contributed by atoms with Crippen LogP contribution in [0.5, 0.6) is 0 Å². The van der Waals surface area contributed by atoms with E-state index in [1.807, 2.05) is 35.7 Å². The van der Waals surface area contributed by atoms with Gasteiger partial charge in [-0.1, -0.05) is 6.07 Å². The number of halogens is 1. The number of aromatic nitrogens is 4. The minimum atomic E-state index is -0.319. The van der Waals surface area contributed by atoms with Crippen LogP contribution in [0, 0.1) is 5.82 Å². The van der Waals surface area contributed by atoms with Crippen LogP contribution in [0.3, 0.4) is 0 Å². The Morgan fingerprint density at radius 1 is 1.24 bits per heavy atom. The van der Waals surface area contributed by atoms with Crippen LogP contribution in [-0.2, 0) is 6.42 Å². The van der Waals surface area contributed by atoms with Crippen LogP contribution in [0.15, 0.2) is 42.7 Å². The van der Waals surface area contributed by atoms with Gasteiger partial charge in [-0.15, -0.1) is 10.2 Å². The van der Waals surface area contributed by atoms with Crippen LogP contribution < -0.4 is 5.32 Å². The highest BCUT2D eigenvalue weighted by Gasteiger charge is 2.08. The van der Waals surface area contributed by atoms with E-state index in [9.17, 15) is 4.39 Å². The number of rotatable bonds is 5. The second kappa shape index (κ2) is 5.97. The molecule has 0 aliphatic heterocycles. The summed E-state index contributed by atoms with van der Waals surface area (Å²) in [6.07, 6.45) is 3.95. The van der Waals surface area contributed by atoms with Crippen molar-refractivity contribution in [3.63, 3.8) is 0 Å². The number of hydrogen-bond acceptors (Lipinski definition) is 4. The minimum absolute atomic E-state index is 0.0600. The molecular formula is C15H16FN5. The Morgan fingerprint density at radius 3 is 2.95 bits per heavy atom. The number of nitrogens with zero attached hydrogens (tertiary/aromatic N) is 4. The molecule has 0 bridgehead atoms. The van der Waals surface area contributed by atoms with Crippen molar-refractivity contribution in [2.45, 2.75) is 19.4 Å². The third-order valence-electron chi connectivity index (χ3n) is 3.38. The van der Waals surface area contributed by atoms with E-state index in [4.69, 9.17) is 0 Å². The van der Waals surface area contributed by atoms with Gasteiger partial charge < -0.3 is 5.32 Å². The van der Waals surface area contributed by atoms with Gasteiger partial charge in [-0.2, -0.15) is 0 Å². The minimum Gasteiger partial charge on any atom is -0.308 e. The Hall–Kier alpha value is -2.34. The molecule has 3 aromatic heterocycles. The second-order valence-electron chi connectivity index (χ2n) is 4.87. The summed E-state index contributed by atoms with van der Waals surface area (Å²) >= 11 is 0. The van der Waals surface area contributed by atoms with E-state index in [1.165, 1.54) is 12.3 Å². The molecule has 0 amide bonds. The molecule has 0 spiro atoms. The molecule has 0 radical (unpaired) electrons. The quantitative estimate of drug-likeness (QED) is 0.780. The van der Waals surface area contributed by atoms with Crippen molar-refractivity contribution in [3.05, 3.63) is 60.1 Å². The van der Waals surface area contributed by atoms with Gasteiger partial charge in [0.25, 0.3) is 0 Å². The number of nitrogens with one attached hydrogen (secondary N) is 1. The Kier molecular flexibility index (Phi) is 3.87. The number of hydrogen-bond donors (Lipinski definition) is 1. The molecule has 1 atom stereocenters. The molecule has 0 aliphatic carbocycles. The zero-order chi connectivity index (χ0) is 14.7. The van der Waals surface area contributed by atoms with Gasteiger partial charge in [0.2, 0.25) is 0 Å². The van der Waals surface area contributed by atoms with Crippen molar-refractivity contribution in [2.24, 2.45) is 0 Å². The molecule has 0 fully saturated rings. The molecule has 0 aromatic carbocycles. The van der Waals surface area contributed by atoms with Crippen molar-refractivity contribution in [1.82, 2.24) is 24.9 Å². The van der Waals surface area contributed by atoms with E-state index >= 15 is 0 Å². The first-order valence-corrected chi connectivity index (χ1v) is 6.87. The largest absolute Gasteiger partial charge is 0.308 e. The van der Waals surface area contributed by atoms with E-state index < -0.39 is 0 Å². The highest BCUT2D eigenvalue weighted by molar-refractivity contribution is 5.37. The number of fused-ring (bicyclic) bond motifs is 1. The fourth-order valence-corrected chi connectivity index (χ4v) is 2.21. The van der Waals surface area contributed by atoms with Gasteiger partial charge in [0.15, 0.2) is 5.65 Å². The standard InChI is InChI=1S/C15H16FN5/c1-11(13-6-5-12(16)10-18-13)17-8-7-15-20-19-14-4-2-3-9-21(14)15/h2-6,9-11,17H,7-8H2,1H3. The van der Waals surface area contributed by atoms with E-state index in [2.05, 4.69) is 20.5 Å². The zero-order valence-corrected chi connectivity index (χ0v) is 11.7. The monoisotopic (exact) mass is 285 g/mol. The molecule has 5 nitrogen and oxygen atoms in total. The smallest absolute Gasteiger partial charge is 0.160 e. The van der Waals surface area contributed by atoms with Crippen molar-refractivity contribution < 1.29 is 4.39 Å². The maximum atomic E-state index is 12.8. The lowest BCUT2D eigenvalue weighted by molar-refractivity contribution is 0.551. The van der Waals surface area contributed by atoms with Crippen molar-refractivity contribution >= 4 is 5.65 Å². The van der Waals surface area contributed by atoms with Gasteiger partial charge in [-0.3, -0.25) is 9.38 Å². The Balaban J connectivity index is 1.59. The maximum Gasteiger partial charge on any atom is 0.160 e. The summed E-state index contributed by atoms with van der Waals surface area (Å²) in [5.74, 6) is 0.596. The highest BCUT2D eigenvalue weighted by atomic mass is 19.1. The molecule has 3 rings (SSSR count). The van der Waals surface area contributed by atoms with Gasteiger partial charge >= 0.3 is 0 Å². The summed E-state index contributed by atoms with van der Waals surface area (Å²) in [4.78, 5) is 4.07. The topological polar surface area (TPSA) is 55.1 Å². The Morgan fingerprint density at radius 2 is 2.14 bits per heavy atom. The first-order valence-electron chi connectivity index (χ1n) is 6.87. The molecule has 6 heteroatoms. The van der Waals surface area contributed by atoms with Crippen molar-refractivity contribution in [2.75, 3.05) is 6.54 Å². The van der Waals surface area contributed by atoms with Crippen LogP contribution in [0.25, 0.3) is 5.65 Å². The molecular weight excluding hydrogens is 269 g/mol. The Labute approximate surface area is 121 Å². The Bertz CT molecular complexity index is 722. The molecule has 0 saturated heterocycles. The first kappa shape index (κ1) is 13.6. The predicted molar refractivity (Wildman–Crippen MR) is 77.3 cm³/mol. The normalized spacial score (nSPS) is 12.7. The lowest BCUT2D eigenvalue weighted by atomic mass is 10.2. The van der Waals surface area contributed by atoms with E-state index in [-0.39, 0.29) is 11.9 Å². The first-order chi connectivity index (χ1) is 10.2. The molecule has 108 valence electrons. The average Bonchev–Trinajstić information content (AvgIpc) is 2.91. The highest BCUT2D eigenvalue weighted by Crippen LogP contribution is 2.09. The van der Waals surface area contributed by atoms with Crippen molar-refractivity contribution in [3.8, 4) is 0 Å².